The second kappa shape index (κ2) is 5.28. The molecule has 0 saturated heterocycles. The van der Waals surface area contributed by atoms with Gasteiger partial charge >= 0.3 is 0 Å². The average molecular weight is 193 g/mol. The first kappa shape index (κ1) is 9.48. The Balaban J connectivity index is 0.000000640. The monoisotopic (exact) mass is 192 g/mol. The molecule has 0 aromatic heterocycles. The lowest BCUT2D eigenvalue weighted by Gasteiger charge is -2.18. The maximum absolute atomic E-state index is 2.32. The highest BCUT2D eigenvalue weighted by atomic mass is 79.9. The van der Waals surface area contributed by atoms with E-state index in [4.69, 9.17) is 0 Å². The minimum Gasteiger partial charge on any atom is -0.114 e. The Bertz CT molecular complexity index is 55.6. The fraction of sp³-hybridized carbons (Fsp3) is 1.00. The van der Waals surface area contributed by atoms with Crippen LogP contribution in [0.1, 0.15) is 45.4 Å². The van der Waals surface area contributed by atoms with Crippen molar-refractivity contribution < 1.29 is 0 Å². The van der Waals surface area contributed by atoms with Crippen molar-refractivity contribution in [3.05, 3.63) is 0 Å². The fourth-order valence-electron chi connectivity index (χ4n) is 1.60. The van der Waals surface area contributed by atoms with Crippen LogP contribution in [0, 0.1) is 5.92 Å². The van der Waals surface area contributed by atoms with Crippen LogP contribution in [0.3, 0.4) is 0 Å². The number of hydrogen-bond acceptors (Lipinski definition) is 0. The molecule has 1 saturated carbocycles. The summed E-state index contributed by atoms with van der Waals surface area (Å²) < 4.78 is 0. The summed E-state index contributed by atoms with van der Waals surface area (Å²) in [6.45, 7) is 2.32. The van der Waals surface area contributed by atoms with E-state index in [1.165, 1.54) is 38.5 Å². The minimum atomic E-state index is 0. The van der Waals surface area contributed by atoms with Crippen molar-refractivity contribution in [2.45, 2.75) is 45.4 Å². The third kappa shape index (κ3) is 3.24. The zero-order valence-corrected chi connectivity index (χ0v) is 7.94. The van der Waals surface area contributed by atoms with E-state index in [0.29, 0.717) is 0 Å². The van der Waals surface area contributed by atoms with Crippen molar-refractivity contribution in [3.8, 4) is 0 Å². The number of halogens is 1. The molecule has 56 valence electrons. The molecule has 0 bridgehead atoms. The second-order valence-corrected chi connectivity index (χ2v) is 2.91. The molecule has 0 amide bonds. The van der Waals surface area contributed by atoms with E-state index in [-0.39, 0.29) is 17.0 Å². The van der Waals surface area contributed by atoms with Gasteiger partial charge in [0.15, 0.2) is 0 Å². The minimum absolute atomic E-state index is 0. The van der Waals surface area contributed by atoms with Crippen molar-refractivity contribution >= 4 is 17.0 Å². The van der Waals surface area contributed by atoms with E-state index in [0.717, 1.165) is 5.92 Å². The van der Waals surface area contributed by atoms with Crippen molar-refractivity contribution in [1.29, 1.82) is 0 Å². The van der Waals surface area contributed by atoms with Crippen LogP contribution in [0.2, 0.25) is 0 Å². The van der Waals surface area contributed by atoms with Gasteiger partial charge in [-0.2, -0.15) is 0 Å². The van der Waals surface area contributed by atoms with Gasteiger partial charge in [0.05, 0.1) is 0 Å². The Morgan fingerprint density at radius 2 is 1.67 bits per heavy atom. The van der Waals surface area contributed by atoms with Gasteiger partial charge < -0.3 is 0 Å². The molecular weight excluding hydrogens is 176 g/mol. The SMILES string of the molecule is Br.CCC1CCCCC1. The first-order valence-electron chi connectivity index (χ1n) is 3.93. The zero-order chi connectivity index (χ0) is 5.82. The van der Waals surface area contributed by atoms with Crippen LogP contribution in [0.4, 0.5) is 0 Å². The summed E-state index contributed by atoms with van der Waals surface area (Å²) in [5, 5.41) is 0. The summed E-state index contributed by atoms with van der Waals surface area (Å²) >= 11 is 0. The third-order valence-corrected chi connectivity index (χ3v) is 2.30. The van der Waals surface area contributed by atoms with Gasteiger partial charge in [-0.3, -0.25) is 0 Å². The van der Waals surface area contributed by atoms with Crippen LogP contribution in [0.15, 0.2) is 0 Å². The Morgan fingerprint density at radius 3 is 2.00 bits per heavy atom. The van der Waals surface area contributed by atoms with E-state index >= 15 is 0 Å². The molecule has 0 N–H and O–H groups in total. The molecule has 0 nitrogen and oxygen atoms in total. The van der Waals surface area contributed by atoms with Gasteiger partial charge in [0, 0.05) is 0 Å². The van der Waals surface area contributed by atoms with Gasteiger partial charge in [-0.05, 0) is 5.92 Å². The van der Waals surface area contributed by atoms with E-state index in [1.807, 2.05) is 0 Å². The van der Waals surface area contributed by atoms with Gasteiger partial charge in [-0.1, -0.05) is 45.4 Å². The standard InChI is InChI=1S/C8H16.BrH/c1-2-8-6-4-3-5-7-8;/h8H,2-7H2,1H3;1H. The molecule has 0 atom stereocenters. The van der Waals surface area contributed by atoms with E-state index in [9.17, 15) is 0 Å². The van der Waals surface area contributed by atoms with Gasteiger partial charge in [0.2, 0.25) is 0 Å². The Labute approximate surface area is 68.8 Å². The lowest BCUT2D eigenvalue weighted by atomic mass is 9.88. The highest BCUT2D eigenvalue weighted by Gasteiger charge is 2.09. The van der Waals surface area contributed by atoms with E-state index in [1.54, 1.807) is 0 Å². The highest BCUT2D eigenvalue weighted by molar-refractivity contribution is 8.93. The van der Waals surface area contributed by atoms with Crippen LogP contribution >= 0.6 is 17.0 Å². The van der Waals surface area contributed by atoms with Gasteiger partial charge in [-0.25, -0.2) is 0 Å². The maximum Gasteiger partial charge on any atom is -0.0417 e. The predicted molar refractivity (Wildman–Crippen MR) is 47.2 cm³/mol. The Morgan fingerprint density at radius 1 is 1.11 bits per heavy atom. The largest absolute Gasteiger partial charge is 0.114 e. The quantitative estimate of drug-likeness (QED) is 0.597. The van der Waals surface area contributed by atoms with Gasteiger partial charge in [0.1, 0.15) is 0 Å². The summed E-state index contributed by atoms with van der Waals surface area (Å²) in [6.07, 6.45) is 8.93. The molecule has 0 unspecified atom stereocenters. The molecule has 1 fully saturated rings. The molecule has 9 heavy (non-hydrogen) atoms. The summed E-state index contributed by atoms with van der Waals surface area (Å²) in [6, 6.07) is 0. The molecule has 1 aliphatic carbocycles. The van der Waals surface area contributed by atoms with E-state index in [2.05, 4.69) is 6.92 Å². The van der Waals surface area contributed by atoms with Crippen LogP contribution in [0.25, 0.3) is 0 Å². The molecule has 1 aliphatic rings. The van der Waals surface area contributed by atoms with Crippen molar-refractivity contribution in [1.82, 2.24) is 0 Å². The average Bonchev–Trinajstić information content (AvgIpc) is 1.90. The second-order valence-electron chi connectivity index (χ2n) is 2.91. The lowest BCUT2D eigenvalue weighted by molar-refractivity contribution is 0.349. The summed E-state index contributed by atoms with van der Waals surface area (Å²) in [7, 11) is 0. The molecule has 0 aromatic carbocycles. The summed E-state index contributed by atoms with van der Waals surface area (Å²) in [4.78, 5) is 0. The predicted octanol–water partition coefficient (Wildman–Crippen LogP) is 3.55. The number of hydrogen-bond donors (Lipinski definition) is 0. The van der Waals surface area contributed by atoms with Crippen LogP contribution in [0.5, 0.6) is 0 Å². The van der Waals surface area contributed by atoms with Gasteiger partial charge in [0.25, 0.3) is 0 Å². The molecule has 0 aromatic rings. The smallest absolute Gasteiger partial charge is 0.0417 e. The molecule has 0 aliphatic heterocycles. The van der Waals surface area contributed by atoms with Crippen LogP contribution < -0.4 is 0 Å². The van der Waals surface area contributed by atoms with Crippen molar-refractivity contribution in [2.24, 2.45) is 5.92 Å². The molecule has 1 rings (SSSR count). The fourth-order valence-corrected chi connectivity index (χ4v) is 1.60. The first-order chi connectivity index (χ1) is 3.93. The molecule has 0 spiro atoms. The Kier molecular flexibility index (Phi) is 5.56. The molecule has 1 heteroatoms. The normalized spacial score (nSPS) is 21.0. The van der Waals surface area contributed by atoms with Crippen molar-refractivity contribution in [2.75, 3.05) is 0 Å². The first-order valence-corrected chi connectivity index (χ1v) is 3.93. The van der Waals surface area contributed by atoms with E-state index < -0.39 is 0 Å². The molecular formula is C8H17Br. The summed E-state index contributed by atoms with van der Waals surface area (Å²) in [5.41, 5.74) is 0. The highest BCUT2D eigenvalue weighted by Crippen LogP contribution is 2.25. The summed E-state index contributed by atoms with van der Waals surface area (Å²) in [5.74, 6) is 1.09. The van der Waals surface area contributed by atoms with Crippen molar-refractivity contribution in [3.63, 3.8) is 0 Å². The Hall–Kier alpha value is 0.480. The topological polar surface area (TPSA) is 0 Å². The van der Waals surface area contributed by atoms with Gasteiger partial charge in [-0.15, -0.1) is 17.0 Å². The molecule has 0 heterocycles. The third-order valence-electron chi connectivity index (χ3n) is 2.30. The zero-order valence-electron chi connectivity index (χ0n) is 6.23. The maximum atomic E-state index is 2.32. The lowest BCUT2D eigenvalue weighted by Crippen LogP contribution is -2.03. The van der Waals surface area contributed by atoms with Crippen LogP contribution in [-0.4, -0.2) is 0 Å². The number of rotatable bonds is 1. The molecule has 0 radical (unpaired) electrons. The van der Waals surface area contributed by atoms with Crippen LogP contribution in [-0.2, 0) is 0 Å².